The monoisotopic (exact) mass is 744 g/mol. The maximum Gasteiger partial charge on any atom is 0.410 e. The number of hydrogen-bond donors (Lipinski definition) is 2. The van der Waals surface area contributed by atoms with Gasteiger partial charge >= 0.3 is 12.2 Å². The molecule has 2 saturated heterocycles. The van der Waals surface area contributed by atoms with Crippen molar-refractivity contribution in [1.29, 1.82) is 5.26 Å². The standard InChI is InChI=1S/C42H40N4O7S/c1-42(2,3)53-41(50)46-17-14-33(25-46)52-36-11-9-30(20-34(36)29-8-7-27-15-18-54-38(27)21-29)39(47)44-31-10-12-37(51-32-13-16-45(24-32)40(48)49)35(22-31)28-6-4-5-26(19-28)23-43/h4-12,15,18-22,32-33H,13-14,16-17,24-25H2,1-3H3,(H,44,47)(H,48,49). The lowest BCUT2D eigenvalue weighted by molar-refractivity contribution is 0.0275. The van der Waals surface area contributed by atoms with Gasteiger partial charge in [0, 0.05) is 53.0 Å². The summed E-state index contributed by atoms with van der Waals surface area (Å²) in [5, 5.41) is 25.2. The molecule has 0 bridgehead atoms. The number of carboxylic acid groups (broad SMARTS) is 1. The van der Waals surface area contributed by atoms with Gasteiger partial charge in [0.15, 0.2) is 0 Å². The highest BCUT2D eigenvalue weighted by Gasteiger charge is 2.32. The Morgan fingerprint density at radius 3 is 2.22 bits per heavy atom. The first kappa shape index (κ1) is 36.3. The minimum absolute atomic E-state index is 0.246. The van der Waals surface area contributed by atoms with Gasteiger partial charge in [-0.15, -0.1) is 11.3 Å². The fourth-order valence-corrected chi connectivity index (χ4v) is 7.52. The van der Waals surface area contributed by atoms with Crippen molar-refractivity contribution < 1.29 is 33.7 Å². The van der Waals surface area contributed by atoms with Crippen LogP contribution in [0.15, 0.2) is 90.3 Å². The van der Waals surface area contributed by atoms with Crippen LogP contribution < -0.4 is 14.8 Å². The SMILES string of the molecule is CC(C)(C)OC(=O)N1CCC(Oc2ccc(C(=O)Nc3ccc(OC4CCN(C(=O)O)C4)c(-c4cccc(C#N)c4)c3)cc2-c2ccc3ccsc3c2)C1. The highest BCUT2D eigenvalue weighted by atomic mass is 32.1. The smallest absolute Gasteiger partial charge is 0.410 e. The van der Waals surface area contributed by atoms with Gasteiger partial charge in [0.1, 0.15) is 29.3 Å². The van der Waals surface area contributed by atoms with Crippen LogP contribution in [0.3, 0.4) is 0 Å². The molecule has 12 heteroatoms. The number of anilines is 1. The summed E-state index contributed by atoms with van der Waals surface area (Å²) in [5.41, 5.74) is 3.82. The summed E-state index contributed by atoms with van der Waals surface area (Å²) < 4.78 is 19.5. The number of fused-ring (bicyclic) bond motifs is 1. The van der Waals surface area contributed by atoms with Crippen molar-refractivity contribution in [1.82, 2.24) is 9.80 Å². The molecule has 2 atom stereocenters. The topological polar surface area (TPSA) is 141 Å². The van der Waals surface area contributed by atoms with Gasteiger partial charge in [-0.2, -0.15) is 5.26 Å². The molecule has 0 spiro atoms. The summed E-state index contributed by atoms with van der Waals surface area (Å²) in [5.74, 6) is 0.786. The predicted octanol–water partition coefficient (Wildman–Crippen LogP) is 8.88. The molecule has 4 aromatic carbocycles. The normalized spacial score (nSPS) is 16.9. The molecule has 54 heavy (non-hydrogen) atoms. The molecule has 2 N–H and O–H groups in total. The zero-order valence-electron chi connectivity index (χ0n) is 30.2. The Kier molecular flexibility index (Phi) is 10.2. The van der Waals surface area contributed by atoms with Gasteiger partial charge in [-0.25, -0.2) is 9.59 Å². The Labute approximate surface area is 317 Å². The van der Waals surface area contributed by atoms with Gasteiger partial charge in [-0.05, 0) is 103 Å². The van der Waals surface area contributed by atoms with Crippen molar-refractivity contribution in [3.63, 3.8) is 0 Å². The fourth-order valence-electron chi connectivity index (χ4n) is 6.69. The summed E-state index contributed by atoms with van der Waals surface area (Å²) in [6, 6.07) is 28.1. The Morgan fingerprint density at radius 1 is 0.833 bits per heavy atom. The number of amides is 3. The van der Waals surface area contributed by atoms with Crippen LogP contribution in [0.4, 0.5) is 15.3 Å². The second-order valence-electron chi connectivity index (χ2n) is 14.5. The first-order chi connectivity index (χ1) is 25.9. The maximum absolute atomic E-state index is 13.9. The van der Waals surface area contributed by atoms with Gasteiger partial charge in [-0.1, -0.05) is 24.3 Å². The summed E-state index contributed by atoms with van der Waals surface area (Å²) >= 11 is 1.63. The molecule has 0 radical (unpaired) electrons. The van der Waals surface area contributed by atoms with Gasteiger partial charge < -0.3 is 34.4 Å². The predicted molar refractivity (Wildman–Crippen MR) is 207 cm³/mol. The molecule has 11 nitrogen and oxygen atoms in total. The van der Waals surface area contributed by atoms with E-state index in [0.29, 0.717) is 66.4 Å². The van der Waals surface area contributed by atoms with Crippen molar-refractivity contribution in [3.8, 4) is 39.8 Å². The van der Waals surface area contributed by atoms with E-state index in [-0.39, 0.29) is 30.8 Å². The number of nitrogens with one attached hydrogen (secondary N) is 1. The minimum Gasteiger partial charge on any atom is -0.488 e. The largest absolute Gasteiger partial charge is 0.488 e. The maximum atomic E-state index is 13.9. The number of thiophene rings is 1. The first-order valence-electron chi connectivity index (χ1n) is 17.8. The second kappa shape index (κ2) is 15.1. The van der Waals surface area contributed by atoms with E-state index in [1.54, 1.807) is 64.8 Å². The van der Waals surface area contributed by atoms with E-state index in [0.717, 1.165) is 26.8 Å². The molecule has 276 valence electrons. The second-order valence-corrected chi connectivity index (χ2v) is 15.4. The fraction of sp³-hybridized carbons (Fsp3) is 0.286. The van der Waals surface area contributed by atoms with Crippen LogP contribution in [-0.2, 0) is 4.74 Å². The van der Waals surface area contributed by atoms with E-state index in [1.807, 2.05) is 44.4 Å². The Bertz CT molecular complexity index is 2270. The number of nitrogens with zero attached hydrogens (tertiary/aromatic N) is 3. The van der Waals surface area contributed by atoms with Crippen LogP contribution in [0.5, 0.6) is 11.5 Å². The number of carbonyl (C=O) groups excluding carboxylic acids is 2. The first-order valence-corrected chi connectivity index (χ1v) is 18.7. The number of benzene rings is 4. The molecule has 5 aromatic rings. The number of likely N-dealkylation sites (tertiary alicyclic amines) is 2. The van der Waals surface area contributed by atoms with E-state index in [4.69, 9.17) is 14.2 Å². The molecule has 2 unspecified atom stereocenters. The van der Waals surface area contributed by atoms with E-state index in [2.05, 4.69) is 29.6 Å². The van der Waals surface area contributed by atoms with Crippen LogP contribution in [0.25, 0.3) is 32.3 Å². The van der Waals surface area contributed by atoms with E-state index < -0.39 is 11.7 Å². The van der Waals surface area contributed by atoms with Gasteiger partial charge in [-0.3, -0.25) is 4.79 Å². The third kappa shape index (κ3) is 8.27. The van der Waals surface area contributed by atoms with E-state index >= 15 is 0 Å². The van der Waals surface area contributed by atoms with Gasteiger partial charge in [0.05, 0.1) is 24.7 Å². The third-order valence-corrected chi connectivity index (χ3v) is 10.2. The molecule has 3 heterocycles. The number of nitriles is 1. The molecule has 7 rings (SSSR count). The lowest BCUT2D eigenvalue weighted by atomic mass is 10.00. The Hall–Kier alpha value is -6.06. The van der Waals surface area contributed by atoms with Crippen LogP contribution >= 0.6 is 11.3 Å². The molecule has 2 aliphatic heterocycles. The molecular weight excluding hydrogens is 705 g/mol. The van der Waals surface area contributed by atoms with Crippen molar-refractivity contribution in [2.24, 2.45) is 0 Å². The summed E-state index contributed by atoms with van der Waals surface area (Å²) in [6.45, 7) is 7.06. The van der Waals surface area contributed by atoms with Crippen LogP contribution in [0.2, 0.25) is 0 Å². The van der Waals surface area contributed by atoms with Crippen molar-refractivity contribution in [2.45, 2.75) is 51.4 Å². The quantitative estimate of drug-likeness (QED) is 0.161. The van der Waals surface area contributed by atoms with Crippen LogP contribution in [0, 0.1) is 11.3 Å². The highest BCUT2D eigenvalue weighted by Crippen LogP contribution is 2.38. The summed E-state index contributed by atoms with van der Waals surface area (Å²) in [4.78, 5) is 41.2. The lowest BCUT2D eigenvalue weighted by Crippen LogP contribution is -2.36. The zero-order valence-corrected chi connectivity index (χ0v) is 31.0. The number of hydrogen-bond acceptors (Lipinski definition) is 8. The third-order valence-electron chi connectivity index (χ3n) is 9.35. The van der Waals surface area contributed by atoms with E-state index in [9.17, 15) is 24.8 Å². The molecule has 0 aliphatic carbocycles. The number of rotatable bonds is 8. The van der Waals surface area contributed by atoms with Gasteiger partial charge in [0.25, 0.3) is 5.91 Å². The van der Waals surface area contributed by atoms with E-state index in [1.165, 1.54) is 4.90 Å². The van der Waals surface area contributed by atoms with Gasteiger partial charge in [0.2, 0.25) is 0 Å². The average Bonchev–Trinajstić information content (AvgIpc) is 3.93. The Balaban J connectivity index is 1.16. The number of ether oxygens (including phenoxy) is 3. The Morgan fingerprint density at radius 2 is 1.52 bits per heavy atom. The highest BCUT2D eigenvalue weighted by molar-refractivity contribution is 7.17. The molecule has 0 saturated carbocycles. The summed E-state index contributed by atoms with van der Waals surface area (Å²) in [6.07, 6.45) is -0.754. The van der Waals surface area contributed by atoms with Crippen LogP contribution in [-0.4, -0.2) is 77.0 Å². The average molecular weight is 745 g/mol. The van der Waals surface area contributed by atoms with Crippen molar-refractivity contribution >= 4 is 45.2 Å². The molecule has 2 aliphatic rings. The van der Waals surface area contributed by atoms with Crippen molar-refractivity contribution in [2.75, 3.05) is 31.5 Å². The molecule has 1 aromatic heterocycles. The number of carbonyl (C=O) groups is 3. The van der Waals surface area contributed by atoms with Crippen LogP contribution in [0.1, 0.15) is 49.5 Å². The van der Waals surface area contributed by atoms with Crippen molar-refractivity contribution in [3.05, 3.63) is 101 Å². The molecular formula is C42H40N4O7S. The zero-order chi connectivity index (χ0) is 38.0. The lowest BCUT2D eigenvalue weighted by Gasteiger charge is -2.24. The summed E-state index contributed by atoms with van der Waals surface area (Å²) in [7, 11) is 0. The molecule has 2 fully saturated rings. The molecule has 3 amide bonds. The minimum atomic E-state index is -0.987.